The number of benzene rings is 1. The van der Waals surface area contributed by atoms with Crippen LogP contribution in [-0.2, 0) is 0 Å². The van der Waals surface area contributed by atoms with Crippen molar-refractivity contribution in [2.24, 2.45) is 23.7 Å². The molecular weight excluding hydrogens is 379 g/mol. The first-order valence-electron chi connectivity index (χ1n) is 11.0. The van der Waals surface area contributed by atoms with Crippen molar-refractivity contribution in [3.8, 4) is 11.1 Å². The molecule has 1 N–H and O–H groups in total. The third kappa shape index (κ3) is 3.89. The van der Waals surface area contributed by atoms with Gasteiger partial charge in [0.05, 0.1) is 5.69 Å². The van der Waals surface area contributed by atoms with Gasteiger partial charge in [-0.15, -0.1) is 0 Å². The number of nitrogens with one attached hydrogen (secondary N) is 1. The number of hydrogen-bond donors (Lipinski definition) is 1. The Kier molecular flexibility index (Phi) is 5.49. The molecule has 152 valence electrons. The van der Waals surface area contributed by atoms with Crippen molar-refractivity contribution < 1.29 is 4.39 Å². The number of halogens is 1. The summed E-state index contributed by atoms with van der Waals surface area (Å²) in [5, 5.41) is 0.667. The van der Waals surface area contributed by atoms with Gasteiger partial charge >= 0.3 is 0 Å². The minimum Gasteiger partial charge on any atom is -0.260 e. The summed E-state index contributed by atoms with van der Waals surface area (Å²) in [7, 11) is 0. The number of hydrogen-bond acceptors (Lipinski definition) is 3. The largest absolute Gasteiger partial charge is 0.260 e. The number of allylic oxidation sites excluding steroid dienone is 1. The van der Waals surface area contributed by atoms with Crippen LogP contribution in [0.15, 0.2) is 48.7 Å². The highest BCUT2D eigenvalue weighted by molar-refractivity contribution is 7.98. The van der Waals surface area contributed by atoms with Gasteiger partial charge in [-0.1, -0.05) is 62.4 Å². The molecule has 29 heavy (non-hydrogen) atoms. The predicted octanol–water partition coefficient (Wildman–Crippen LogP) is 6.35. The fourth-order valence-electron chi connectivity index (χ4n) is 5.94. The predicted molar refractivity (Wildman–Crippen MR) is 120 cm³/mol. The second kappa shape index (κ2) is 8.23. The monoisotopic (exact) mass is 408 g/mol. The minimum absolute atomic E-state index is 0.211. The molecule has 2 aromatic rings. The Labute approximate surface area is 177 Å². The zero-order chi connectivity index (χ0) is 19.8. The van der Waals surface area contributed by atoms with Crippen molar-refractivity contribution in [1.82, 2.24) is 9.71 Å². The Morgan fingerprint density at radius 1 is 1.14 bits per heavy atom. The van der Waals surface area contributed by atoms with Gasteiger partial charge in [0.25, 0.3) is 0 Å². The van der Waals surface area contributed by atoms with Crippen LogP contribution < -0.4 is 4.72 Å². The van der Waals surface area contributed by atoms with Crippen molar-refractivity contribution >= 4 is 18.0 Å². The van der Waals surface area contributed by atoms with Gasteiger partial charge in [0.15, 0.2) is 0 Å². The molecule has 2 nitrogen and oxygen atoms in total. The molecule has 1 saturated heterocycles. The summed E-state index contributed by atoms with van der Waals surface area (Å²) in [6.07, 6.45) is 13.5. The van der Waals surface area contributed by atoms with E-state index in [0.717, 1.165) is 34.6 Å². The molecule has 3 aliphatic rings. The molecule has 1 aromatic carbocycles. The molecule has 2 saturated carbocycles. The van der Waals surface area contributed by atoms with E-state index < -0.39 is 0 Å². The molecule has 2 aliphatic carbocycles. The lowest BCUT2D eigenvalue weighted by Crippen LogP contribution is -2.46. The molecular formula is C25H29FN2S. The quantitative estimate of drug-likeness (QED) is 0.599. The maximum atomic E-state index is 13.5. The van der Waals surface area contributed by atoms with E-state index in [4.69, 9.17) is 0 Å². The van der Waals surface area contributed by atoms with Gasteiger partial charge in [-0.25, -0.2) is 4.39 Å². The highest BCUT2D eigenvalue weighted by Crippen LogP contribution is 2.52. The topological polar surface area (TPSA) is 24.9 Å². The number of rotatable bonds is 3. The van der Waals surface area contributed by atoms with E-state index in [-0.39, 0.29) is 5.82 Å². The SMILES string of the molecule is CC1SNC2CC3CCCCC3C(/C=C/c3ccc(-c4cccc(F)c4)cn3)C21. The van der Waals surface area contributed by atoms with Crippen LogP contribution in [0.25, 0.3) is 17.2 Å². The Bertz CT molecular complexity index is 879. The van der Waals surface area contributed by atoms with E-state index in [1.54, 1.807) is 12.1 Å². The molecule has 2 heterocycles. The second-order valence-corrected chi connectivity index (χ2v) is 10.2. The third-order valence-corrected chi connectivity index (χ3v) is 8.43. The van der Waals surface area contributed by atoms with Gasteiger partial charge < -0.3 is 0 Å². The molecule has 0 spiro atoms. The molecule has 6 unspecified atom stereocenters. The summed E-state index contributed by atoms with van der Waals surface area (Å²) >= 11 is 1.94. The van der Waals surface area contributed by atoms with Gasteiger partial charge in [0.2, 0.25) is 0 Å². The highest BCUT2D eigenvalue weighted by atomic mass is 32.2. The number of aromatic nitrogens is 1. The van der Waals surface area contributed by atoms with E-state index in [2.05, 4.69) is 34.8 Å². The molecule has 1 aliphatic heterocycles. The van der Waals surface area contributed by atoms with Crippen molar-refractivity contribution in [2.45, 2.75) is 50.3 Å². The van der Waals surface area contributed by atoms with E-state index in [9.17, 15) is 4.39 Å². The summed E-state index contributed by atoms with van der Waals surface area (Å²) in [4.78, 5) is 4.65. The van der Waals surface area contributed by atoms with Crippen LogP contribution in [-0.4, -0.2) is 16.3 Å². The first-order valence-corrected chi connectivity index (χ1v) is 11.9. The number of pyridine rings is 1. The lowest BCUT2D eigenvalue weighted by Gasteiger charge is -2.47. The van der Waals surface area contributed by atoms with Gasteiger partial charge in [-0.05, 0) is 66.4 Å². The number of nitrogens with zero attached hydrogens (tertiary/aromatic N) is 1. The van der Waals surface area contributed by atoms with Crippen LogP contribution in [0.4, 0.5) is 4.39 Å². The Morgan fingerprint density at radius 2 is 2.03 bits per heavy atom. The summed E-state index contributed by atoms with van der Waals surface area (Å²) < 4.78 is 17.2. The van der Waals surface area contributed by atoms with Crippen molar-refractivity contribution in [1.29, 1.82) is 0 Å². The van der Waals surface area contributed by atoms with Gasteiger partial charge in [-0.2, -0.15) is 0 Å². The lowest BCUT2D eigenvalue weighted by atomic mass is 9.59. The van der Waals surface area contributed by atoms with E-state index in [1.165, 1.54) is 38.2 Å². The van der Waals surface area contributed by atoms with Crippen LogP contribution in [0, 0.1) is 29.5 Å². The molecule has 5 rings (SSSR count). The maximum Gasteiger partial charge on any atom is 0.123 e. The molecule has 0 radical (unpaired) electrons. The Morgan fingerprint density at radius 3 is 2.86 bits per heavy atom. The fourth-order valence-corrected chi connectivity index (χ4v) is 7.11. The molecule has 0 amide bonds. The van der Waals surface area contributed by atoms with E-state index in [1.807, 2.05) is 30.3 Å². The van der Waals surface area contributed by atoms with Gasteiger partial charge in [0.1, 0.15) is 5.82 Å². The fraction of sp³-hybridized carbons (Fsp3) is 0.480. The summed E-state index contributed by atoms with van der Waals surface area (Å²) in [6.45, 7) is 2.39. The third-order valence-electron chi connectivity index (χ3n) is 7.31. The van der Waals surface area contributed by atoms with Crippen LogP contribution in [0.3, 0.4) is 0 Å². The van der Waals surface area contributed by atoms with Crippen LogP contribution in [0.5, 0.6) is 0 Å². The maximum absolute atomic E-state index is 13.5. The van der Waals surface area contributed by atoms with Crippen molar-refractivity contribution in [3.63, 3.8) is 0 Å². The Hall–Kier alpha value is -1.65. The van der Waals surface area contributed by atoms with E-state index in [0.29, 0.717) is 17.2 Å². The van der Waals surface area contributed by atoms with Gasteiger partial charge in [-0.3, -0.25) is 9.71 Å². The summed E-state index contributed by atoms with van der Waals surface area (Å²) in [5.74, 6) is 2.86. The number of fused-ring (bicyclic) bond motifs is 2. The smallest absolute Gasteiger partial charge is 0.123 e. The summed E-state index contributed by atoms with van der Waals surface area (Å²) in [6, 6.07) is 11.5. The molecule has 4 heteroatoms. The lowest BCUT2D eigenvalue weighted by molar-refractivity contribution is 0.0686. The molecule has 6 atom stereocenters. The first-order chi connectivity index (χ1) is 14.2. The van der Waals surface area contributed by atoms with Crippen LogP contribution in [0.2, 0.25) is 0 Å². The first kappa shape index (κ1) is 19.3. The van der Waals surface area contributed by atoms with E-state index >= 15 is 0 Å². The summed E-state index contributed by atoms with van der Waals surface area (Å²) in [5.41, 5.74) is 2.82. The second-order valence-electron chi connectivity index (χ2n) is 8.99. The average molecular weight is 409 g/mol. The van der Waals surface area contributed by atoms with Crippen molar-refractivity contribution in [2.75, 3.05) is 0 Å². The zero-order valence-electron chi connectivity index (χ0n) is 16.9. The van der Waals surface area contributed by atoms with Crippen LogP contribution in [0.1, 0.15) is 44.7 Å². The van der Waals surface area contributed by atoms with Crippen molar-refractivity contribution in [3.05, 3.63) is 60.2 Å². The average Bonchev–Trinajstić information content (AvgIpc) is 3.12. The Balaban J connectivity index is 1.37. The molecule has 0 bridgehead atoms. The minimum atomic E-state index is -0.211. The molecule has 3 fully saturated rings. The van der Waals surface area contributed by atoms with Gasteiger partial charge in [0, 0.05) is 23.1 Å². The zero-order valence-corrected chi connectivity index (χ0v) is 17.7. The van der Waals surface area contributed by atoms with Crippen LogP contribution >= 0.6 is 11.9 Å². The molecule has 1 aromatic heterocycles. The standard InChI is InChI=1S/C25H29FN2S/c1-16-25-23(22-8-3-2-5-18(22)14-24(25)28-29-16)12-11-21-10-9-19(15-27-21)17-6-4-7-20(26)13-17/h4,6-7,9-13,15-16,18,22-25,28H,2-3,5,8,14H2,1H3/b12-11+. The highest BCUT2D eigenvalue weighted by Gasteiger charge is 2.48. The normalized spacial score (nSPS) is 34.1.